The molecule has 0 amide bonds. The Morgan fingerprint density at radius 1 is 0.778 bits per heavy atom. The number of aliphatic hydroxyl groups is 4. The fourth-order valence-corrected chi connectivity index (χ4v) is 5.24. The molecule has 1 aliphatic rings. The molecule has 3 heterocycles. The Balaban J connectivity index is 1.68. The Bertz CT molecular complexity index is 1930. The van der Waals surface area contributed by atoms with E-state index in [2.05, 4.69) is 0 Å². The molecule has 0 aliphatic carbocycles. The van der Waals surface area contributed by atoms with Crippen LogP contribution in [0.5, 0.6) is 34.5 Å². The molecular formula is C31H29O14+. The molecule has 0 spiro atoms. The lowest BCUT2D eigenvalue weighted by Gasteiger charge is -2.39. The average molecular weight is 626 g/mol. The standard InChI is InChI=1S/C31H28O14/c1-40-21-6-13(7-22(41-2)25(21)36)29-30(45-31-28(39)27(38)26(37)23(11-32)44-31)15-10-18(12-3-4-16(34)17(35)5-12)42-19-8-14(33)9-20(43-29)24(15)19/h3-10,23,26-28,31-32,34-39H,11H2,1-2H3/p+1/t23?,26-,27+,28?,31+/m1/s1. The van der Waals surface area contributed by atoms with Crippen molar-refractivity contribution in [1.29, 1.82) is 0 Å². The van der Waals surface area contributed by atoms with Gasteiger partial charge in [-0.05, 0) is 36.4 Å². The summed E-state index contributed by atoms with van der Waals surface area (Å²) in [5, 5.41) is 72.5. The predicted octanol–water partition coefficient (Wildman–Crippen LogP) is 1.83. The quantitative estimate of drug-likeness (QED) is 0.101. The summed E-state index contributed by atoms with van der Waals surface area (Å²) >= 11 is 0. The Hall–Kier alpha value is -4.99. The lowest BCUT2D eigenvalue weighted by Crippen LogP contribution is -2.60. The third-order valence-corrected chi connectivity index (χ3v) is 7.56. The average Bonchev–Trinajstić information content (AvgIpc) is 3.03. The summed E-state index contributed by atoms with van der Waals surface area (Å²) in [6.45, 7) is -0.704. The Morgan fingerprint density at radius 2 is 1.44 bits per heavy atom. The van der Waals surface area contributed by atoms with E-state index in [-0.39, 0.29) is 67.8 Å². The number of phenols is 3. The lowest BCUT2D eigenvalue weighted by molar-refractivity contribution is -0.277. The van der Waals surface area contributed by atoms with Crippen LogP contribution in [0, 0.1) is 0 Å². The largest absolute Gasteiger partial charge is 0.504 e. The maximum Gasteiger partial charge on any atom is 0.347 e. The van der Waals surface area contributed by atoms with E-state index in [1.807, 2.05) is 0 Å². The molecule has 45 heavy (non-hydrogen) atoms. The number of aromatic hydroxyl groups is 3. The molecule has 14 nitrogen and oxygen atoms in total. The van der Waals surface area contributed by atoms with E-state index < -0.39 is 43.1 Å². The number of aliphatic hydroxyl groups excluding tert-OH is 4. The number of ether oxygens (including phenoxy) is 4. The molecule has 3 aromatic carbocycles. The molecule has 5 aromatic rings. The van der Waals surface area contributed by atoms with Gasteiger partial charge < -0.3 is 63.5 Å². The molecule has 6 rings (SSSR count). The van der Waals surface area contributed by atoms with E-state index in [1.165, 1.54) is 62.8 Å². The molecule has 236 valence electrons. The summed E-state index contributed by atoms with van der Waals surface area (Å²) in [5.74, 6) is -1.09. The minimum Gasteiger partial charge on any atom is -0.504 e. The van der Waals surface area contributed by atoms with Gasteiger partial charge in [-0.1, -0.05) is 0 Å². The van der Waals surface area contributed by atoms with Crippen molar-refractivity contribution in [3.8, 4) is 57.1 Å². The van der Waals surface area contributed by atoms with Crippen LogP contribution in [0.25, 0.3) is 44.6 Å². The second-order valence-electron chi connectivity index (χ2n) is 10.3. The zero-order valence-corrected chi connectivity index (χ0v) is 23.7. The third kappa shape index (κ3) is 5.13. The SMILES string of the molecule is COc1cc(-c2oc3cc(=[OH+])cc4oc(-c5ccc(O)c(O)c5)cc(c2O[C@@H]2OC(CO)[C@@H](O)[C@H](O)C2O)c43)cc(OC)c1O. The van der Waals surface area contributed by atoms with Crippen molar-refractivity contribution in [2.24, 2.45) is 0 Å². The maximum atomic E-state index is 10.8. The number of phenolic OH excluding ortho intramolecular Hbond substituents is 3. The second-order valence-corrected chi connectivity index (χ2v) is 10.3. The molecule has 1 fully saturated rings. The van der Waals surface area contributed by atoms with Crippen LogP contribution in [0.3, 0.4) is 0 Å². The van der Waals surface area contributed by atoms with Crippen molar-refractivity contribution >= 4 is 21.9 Å². The minimum absolute atomic E-state index is 0.00260. The van der Waals surface area contributed by atoms with Crippen molar-refractivity contribution in [3.63, 3.8) is 0 Å². The second kappa shape index (κ2) is 11.5. The van der Waals surface area contributed by atoms with Crippen molar-refractivity contribution in [1.82, 2.24) is 0 Å². The van der Waals surface area contributed by atoms with Crippen LogP contribution in [0.15, 0.2) is 57.4 Å². The zero-order valence-electron chi connectivity index (χ0n) is 23.7. The molecule has 0 radical (unpaired) electrons. The first-order valence-electron chi connectivity index (χ1n) is 13.6. The summed E-state index contributed by atoms with van der Waals surface area (Å²) in [6.07, 6.45) is -8.14. The van der Waals surface area contributed by atoms with E-state index in [0.29, 0.717) is 10.9 Å². The minimum atomic E-state index is -1.79. The number of rotatable bonds is 7. The van der Waals surface area contributed by atoms with Crippen LogP contribution >= 0.6 is 0 Å². The van der Waals surface area contributed by atoms with Gasteiger partial charge in [0.15, 0.2) is 34.5 Å². The van der Waals surface area contributed by atoms with Gasteiger partial charge in [0.25, 0.3) is 0 Å². The highest BCUT2D eigenvalue weighted by molar-refractivity contribution is 6.10. The highest BCUT2D eigenvalue weighted by Gasteiger charge is 2.45. The van der Waals surface area contributed by atoms with Gasteiger partial charge in [0, 0.05) is 16.5 Å². The molecule has 2 aromatic heterocycles. The monoisotopic (exact) mass is 625 g/mol. The highest BCUT2D eigenvalue weighted by Crippen LogP contribution is 2.48. The van der Waals surface area contributed by atoms with Crippen LogP contribution in [0.1, 0.15) is 0 Å². The van der Waals surface area contributed by atoms with Gasteiger partial charge in [0.05, 0.1) is 38.3 Å². The zero-order chi connectivity index (χ0) is 32.2. The normalized spacial score (nSPS) is 21.7. The lowest BCUT2D eigenvalue weighted by atomic mass is 9.99. The molecule has 0 bridgehead atoms. The smallest absolute Gasteiger partial charge is 0.347 e. The molecule has 5 atom stereocenters. The first-order valence-corrected chi connectivity index (χ1v) is 13.6. The van der Waals surface area contributed by atoms with E-state index in [0.717, 1.165) is 0 Å². The van der Waals surface area contributed by atoms with Crippen LogP contribution in [-0.4, -0.2) is 92.1 Å². The molecular weight excluding hydrogens is 596 g/mol. The summed E-state index contributed by atoms with van der Waals surface area (Å²) in [4.78, 5) is 10.6. The van der Waals surface area contributed by atoms with Crippen molar-refractivity contribution in [3.05, 3.63) is 54.0 Å². The van der Waals surface area contributed by atoms with E-state index in [1.54, 1.807) is 0 Å². The van der Waals surface area contributed by atoms with Crippen LogP contribution in [0.2, 0.25) is 0 Å². The first-order chi connectivity index (χ1) is 21.5. The van der Waals surface area contributed by atoms with Gasteiger partial charge in [-0.3, -0.25) is 4.79 Å². The molecule has 1 aliphatic heterocycles. The van der Waals surface area contributed by atoms with E-state index in [4.69, 9.17) is 27.8 Å². The van der Waals surface area contributed by atoms with Gasteiger partial charge >= 0.3 is 5.43 Å². The Morgan fingerprint density at radius 3 is 2.07 bits per heavy atom. The predicted molar refractivity (Wildman–Crippen MR) is 154 cm³/mol. The first kappa shape index (κ1) is 30.1. The molecule has 2 unspecified atom stereocenters. The molecule has 0 saturated carbocycles. The van der Waals surface area contributed by atoms with Gasteiger partial charge in [0.2, 0.25) is 12.0 Å². The van der Waals surface area contributed by atoms with E-state index in [9.17, 15) is 40.5 Å². The van der Waals surface area contributed by atoms with Crippen LogP contribution in [-0.2, 0) is 4.74 Å². The summed E-state index contributed by atoms with van der Waals surface area (Å²) in [5.41, 5.74) is 0.553. The van der Waals surface area contributed by atoms with Crippen LogP contribution in [0.4, 0.5) is 0 Å². The fourth-order valence-electron chi connectivity index (χ4n) is 5.24. The molecule has 8 N–H and O–H groups in total. The number of hydrogen-bond donors (Lipinski definition) is 7. The van der Waals surface area contributed by atoms with Crippen molar-refractivity contribution in [2.75, 3.05) is 20.8 Å². The van der Waals surface area contributed by atoms with Gasteiger partial charge in [-0.15, -0.1) is 0 Å². The van der Waals surface area contributed by atoms with Crippen molar-refractivity contribution in [2.45, 2.75) is 30.7 Å². The Labute approximate surface area is 253 Å². The molecule has 1 saturated heterocycles. The topological polar surface area (TPSA) is 226 Å². The van der Waals surface area contributed by atoms with Gasteiger partial charge in [-0.25, -0.2) is 0 Å². The summed E-state index contributed by atoms with van der Waals surface area (Å²) in [6, 6.07) is 11.0. The summed E-state index contributed by atoms with van der Waals surface area (Å²) in [7, 11) is 2.66. The highest BCUT2D eigenvalue weighted by atomic mass is 16.7. The number of benzene rings is 3. The summed E-state index contributed by atoms with van der Waals surface area (Å²) < 4.78 is 34.8. The third-order valence-electron chi connectivity index (χ3n) is 7.56. The fraction of sp³-hybridized carbons (Fsp3) is 0.258. The van der Waals surface area contributed by atoms with Crippen molar-refractivity contribution < 1.29 is 68.3 Å². The number of hydrogen-bond acceptors (Lipinski definition) is 13. The number of methoxy groups -OCH3 is 2. The van der Waals surface area contributed by atoms with Gasteiger partial charge in [-0.2, -0.15) is 0 Å². The maximum absolute atomic E-state index is 10.8. The van der Waals surface area contributed by atoms with Gasteiger partial charge in [0.1, 0.15) is 41.3 Å². The van der Waals surface area contributed by atoms with E-state index >= 15 is 0 Å². The Kier molecular flexibility index (Phi) is 7.68. The van der Waals surface area contributed by atoms with Crippen LogP contribution < -0.4 is 19.6 Å². The molecule has 14 heteroatoms.